The Labute approximate surface area is 221 Å². The number of nitrogens with two attached hydrogens (primary N) is 1. The molecule has 0 aliphatic rings. The SMILES string of the molecule is Cc1cc(C(Nc2ccc3cc[nH]c(=O)c3c2)C(=O)N(CCO)Cc2cccc(N)c2)ccc1[C@@H](C)CO. The monoisotopic (exact) mass is 514 g/mol. The third-order valence-electron chi connectivity index (χ3n) is 6.77. The summed E-state index contributed by atoms with van der Waals surface area (Å²) in [5.74, 6) is -0.265. The van der Waals surface area contributed by atoms with Gasteiger partial charge in [0.15, 0.2) is 0 Å². The molecule has 4 aromatic rings. The van der Waals surface area contributed by atoms with Gasteiger partial charge < -0.3 is 31.1 Å². The lowest BCUT2D eigenvalue weighted by atomic mass is 9.93. The predicted molar refractivity (Wildman–Crippen MR) is 151 cm³/mol. The number of carbonyl (C=O) groups is 1. The van der Waals surface area contributed by atoms with Crippen molar-refractivity contribution >= 4 is 28.1 Å². The Morgan fingerprint density at radius 3 is 2.61 bits per heavy atom. The number of nitrogen functional groups attached to an aromatic ring is 1. The lowest BCUT2D eigenvalue weighted by molar-refractivity contribution is -0.133. The van der Waals surface area contributed by atoms with Gasteiger partial charge in [-0.25, -0.2) is 0 Å². The third kappa shape index (κ3) is 6.04. The number of anilines is 2. The number of aliphatic hydroxyl groups is 2. The second-order valence-electron chi connectivity index (χ2n) is 9.61. The summed E-state index contributed by atoms with van der Waals surface area (Å²) in [4.78, 5) is 30.7. The van der Waals surface area contributed by atoms with Gasteiger partial charge in [0.05, 0.1) is 6.61 Å². The van der Waals surface area contributed by atoms with Gasteiger partial charge >= 0.3 is 0 Å². The molecule has 38 heavy (non-hydrogen) atoms. The third-order valence-corrected chi connectivity index (χ3v) is 6.77. The summed E-state index contributed by atoms with van der Waals surface area (Å²) in [7, 11) is 0. The van der Waals surface area contributed by atoms with Crippen LogP contribution in [0.1, 0.15) is 41.1 Å². The quantitative estimate of drug-likeness (QED) is 0.205. The van der Waals surface area contributed by atoms with Crippen LogP contribution >= 0.6 is 0 Å². The molecule has 1 aromatic heterocycles. The Morgan fingerprint density at radius 2 is 1.89 bits per heavy atom. The maximum Gasteiger partial charge on any atom is 0.255 e. The van der Waals surface area contributed by atoms with Gasteiger partial charge in [-0.1, -0.05) is 43.3 Å². The lowest BCUT2D eigenvalue weighted by Gasteiger charge is -2.29. The van der Waals surface area contributed by atoms with Crippen molar-refractivity contribution < 1.29 is 15.0 Å². The molecule has 198 valence electrons. The number of fused-ring (bicyclic) bond motifs is 1. The van der Waals surface area contributed by atoms with Crippen LogP contribution in [0.3, 0.4) is 0 Å². The summed E-state index contributed by atoms with van der Waals surface area (Å²) in [6.45, 7) is 4.15. The average Bonchev–Trinajstić information content (AvgIpc) is 2.91. The number of aromatic amines is 1. The molecule has 0 bridgehead atoms. The van der Waals surface area contributed by atoms with Crippen LogP contribution in [0.15, 0.2) is 77.7 Å². The van der Waals surface area contributed by atoms with Gasteiger partial charge in [0.1, 0.15) is 6.04 Å². The summed E-state index contributed by atoms with van der Waals surface area (Å²) >= 11 is 0. The maximum atomic E-state index is 14.1. The molecule has 0 aliphatic heterocycles. The zero-order valence-electron chi connectivity index (χ0n) is 21.6. The molecule has 0 saturated carbocycles. The highest BCUT2D eigenvalue weighted by atomic mass is 16.3. The molecule has 0 radical (unpaired) electrons. The van der Waals surface area contributed by atoms with Gasteiger partial charge in [0.25, 0.3) is 5.56 Å². The van der Waals surface area contributed by atoms with E-state index in [2.05, 4.69) is 10.3 Å². The molecule has 4 rings (SSSR count). The van der Waals surface area contributed by atoms with E-state index in [1.54, 1.807) is 23.2 Å². The van der Waals surface area contributed by atoms with E-state index in [4.69, 9.17) is 5.73 Å². The highest BCUT2D eigenvalue weighted by molar-refractivity contribution is 5.89. The number of rotatable bonds is 10. The number of nitrogens with zero attached hydrogens (tertiary/aromatic N) is 1. The number of aromatic nitrogens is 1. The Hall–Kier alpha value is -4.14. The van der Waals surface area contributed by atoms with E-state index in [9.17, 15) is 19.8 Å². The fraction of sp³-hybridized carbons (Fsp3) is 0.267. The van der Waals surface area contributed by atoms with Crippen LogP contribution in [0.2, 0.25) is 0 Å². The van der Waals surface area contributed by atoms with Gasteiger partial charge in [0, 0.05) is 48.6 Å². The van der Waals surface area contributed by atoms with Crippen molar-refractivity contribution in [1.29, 1.82) is 0 Å². The highest BCUT2D eigenvalue weighted by Crippen LogP contribution is 2.28. The van der Waals surface area contributed by atoms with Crippen molar-refractivity contribution in [2.24, 2.45) is 0 Å². The minimum absolute atomic E-state index is 0.0247. The zero-order chi connectivity index (χ0) is 27.2. The Morgan fingerprint density at radius 1 is 1.08 bits per heavy atom. The molecular formula is C30H34N4O4. The second-order valence-corrected chi connectivity index (χ2v) is 9.61. The number of benzene rings is 3. The number of nitrogens with one attached hydrogen (secondary N) is 2. The number of pyridine rings is 1. The molecule has 1 amide bonds. The minimum Gasteiger partial charge on any atom is -0.399 e. The topological polar surface area (TPSA) is 132 Å². The summed E-state index contributed by atoms with van der Waals surface area (Å²) < 4.78 is 0. The lowest BCUT2D eigenvalue weighted by Crippen LogP contribution is -2.39. The number of hydrogen-bond acceptors (Lipinski definition) is 6. The van der Waals surface area contributed by atoms with E-state index >= 15 is 0 Å². The van der Waals surface area contributed by atoms with Crippen LogP contribution in [-0.4, -0.2) is 45.8 Å². The van der Waals surface area contributed by atoms with Crippen LogP contribution in [0.4, 0.5) is 11.4 Å². The van der Waals surface area contributed by atoms with Crippen molar-refractivity contribution in [3.8, 4) is 0 Å². The van der Waals surface area contributed by atoms with Gasteiger partial charge in [-0.05, 0) is 64.9 Å². The van der Waals surface area contributed by atoms with Crippen LogP contribution in [0, 0.1) is 6.92 Å². The molecule has 0 aliphatic carbocycles. The Kier molecular flexibility index (Phi) is 8.45. The summed E-state index contributed by atoms with van der Waals surface area (Å²) in [5.41, 5.74) is 10.5. The van der Waals surface area contributed by atoms with Crippen LogP contribution in [-0.2, 0) is 11.3 Å². The Bertz CT molecular complexity index is 1480. The zero-order valence-corrected chi connectivity index (χ0v) is 21.6. The standard InChI is InChI=1S/C30H34N4O4/c1-19-14-23(7-9-26(19)20(2)18-36)28(33-25-8-6-22-10-11-32-29(37)27(22)16-25)30(38)34(12-13-35)17-21-4-3-5-24(31)15-21/h3-11,14-16,20,28,33,35-36H,12-13,17-18,31H2,1-2H3,(H,32,37)/t20-,28?/m0/s1. The first-order valence-corrected chi connectivity index (χ1v) is 12.6. The van der Waals surface area contributed by atoms with Crippen molar-refractivity contribution in [1.82, 2.24) is 9.88 Å². The molecule has 2 atom stereocenters. The van der Waals surface area contributed by atoms with E-state index in [1.807, 2.05) is 68.4 Å². The van der Waals surface area contributed by atoms with Gasteiger partial charge in [-0.15, -0.1) is 0 Å². The maximum absolute atomic E-state index is 14.1. The molecule has 0 fully saturated rings. The van der Waals surface area contributed by atoms with Crippen molar-refractivity contribution in [2.45, 2.75) is 32.4 Å². The van der Waals surface area contributed by atoms with Crippen LogP contribution < -0.4 is 16.6 Å². The smallest absolute Gasteiger partial charge is 0.255 e. The molecule has 1 unspecified atom stereocenters. The van der Waals surface area contributed by atoms with E-state index in [1.165, 1.54) is 0 Å². The van der Waals surface area contributed by atoms with Crippen molar-refractivity contribution in [3.05, 3.63) is 106 Å². The van der Waals surface area contributed by atoms with E-state index in [0.29, 0.717) is 16.8 Å². The molecule has 1 heterocycles. The first-order chi connectivity index (χ1) is 18.3. The summed E-state index contributed by atoms with van der Waals surface area (Å²) in [6, 6.07) is 19.5. The van der Waals surface area contributed by atoms with Gasteiger partial charge in [-0.2, -0.15) is 0 Å². The van der Waals surface area contributed by atoms with E-state index in [-0.39, 0.29) is 43.7 Å². The number of aryl methyl sites for hydroxylation is 1. The predicted octanol–water partition coefficient (Wildman–Crippen LogP) is 3.69. The number of H-pyrrole nitrogens is 1. The Balaban J connectivity index is 1.74. The summed E-state index contributed by atoms with van der Waals surface area (Å²) in [5, 5.41) is 24.1. The second kappa shape index (κ2) is 11.9. The largest absolute Gasteiger partial charge is 0.399 e. The molecule has 3 aromatic carbocycles. The van der Waals surface area contributed by atoms with Crippen molar-refractivity contribution in [3.63, 3.8) is 0 Å². The fourth-order valence-corrected chi connectivity index (χ4v) is 4.74. The number of amides is 1. The fourth-order valence-electron chi connectivity index (χ4n) is 4.74. The average molecular weight is 515 g/mol. The van der Waals surface area contributed by atoms with E-state index < -0.39 is 6.04 Å². The highest BCUT2D eigenvalue weighted by Gasteiger charge is 2.27. The molecule has 8 nitrogen and oxygen atoms in total. The first kappa shape index (κ1) is 26.9. The normalized spacial score (nSPS) is 12.7. The number of carbonyl (C=O) groups excluding carboxylic acids is 1. The molecule has 6 N–H and O–H groups in total. The number of aliphatic hydroxyl groups excluding tert-OH is 2. The van der Waals surface area contributed by atoms with Crippen LogP contribution in [0.25, 0.3) is 10.8 Å². The molecule has 8 heteroatoms. The molecule has 0 saturated heterocycles. The van der Waals surface area contributed by atoms with Gasteiger partial charge in [-0.3, -0.25) is 9.59 Å². The van der Waals surface area contributed by atoms with Crippen LogP contribution in [0.5, 0.6) is 0 Å². The van der Waals surface area contributed by atoms with E-state index in [0.717, 1.165) is 27.6 Å². The summed E-state index contributed by atoms with van der Waals surface area (Å²) in [6.07, 6.45) is 1.60. The molecule has 0 spiro atoms. The molecular weight excluding hydrogens is 480 g/mol. The van der Waals surface area contributed by atoms with Crippen molar-refractivity contribution in [2.75, 3.05) is 30.8 Å². The minimum atomic E-state index is -0.792. The first-order valence-electron chi connectivity index (χ1n) is 12.6. The number of hydrogen-bond donors (Lipinski definition) is 5. The van der Waals surface area contributed by atoms with Gasteiger partial charge in [0.2, 0.25) is 5.91 Å².